The molecule has 0 aliphatic carbocycles. The SMILES string of the molecule is Cc1c(Nc2nccc3cc(CN4CC[C@@H](O)C4)cnc23)cccc1-c1cccc(-c2nc3c(=O)n(CCN4CC[C@@H](C(=O)O)C4)ccc3o2)c1C. The molecule has 0 saturated carbocycles. The van der Waals surface area contributed by atoms with Crippen molar-refractivity contribution in [1.29, 1.82) is 0 Å². The number of carboxylic acid groups (broad SMARTS) is 1. The second-order valence-corrected chi connectivity index (χ2v) is 14.0. The van der Waals surface area contributed by atoms with Gasteiger partial charge in [-0.2, -0.15) is 0 Å². The standard InChI is InChI=1S/C40H41N7O5/c1-24-30(5-3-7-32(24)38-44-36-34(52-38)12-16-47(39(36)49)18-17-45-14-10-28(22-45)40(50)51)31-6-4-8-33(25(31)2)43-37-35-27(9-13-41-37)19-26(20-42-35)21-46-15-11-29(48)23-46/h3-9,12-13,16,19-20,28-29,48H,10-11,14-15,17-18,21-23H2,1-2H3,(H,41,43)(H,50,51)/t28-,29-/m1/s1. The molecular formula is C40H41N7O5. The number of hydrogen-bond acceptors (Lipinski definition) is 10. The molecule has 0 unspecified atom stereocenters. The number of likely N-dealkylation sites (tertiary alicyclic amines) is 2. The lowest BCUT2D eigenvalue weighted by Crippen LogP contribution is -2.30. The molecule has 3 N–H and O–H groups in total. The Morgan fingerprint density at radius 1 is 0.923 bits per heavy atom. The van der Waals surface area contributed by atoms with Gasteiger partial charge in [0.2, 0.25) is 5.89 Å². The van der Waals surface area contributed by atoms with Gasteiger partial charge in [0.25, 0.3) is 5.56 Å². The van der Waals surface area contributed by atoms with Crippen molar-refractivity contribution in [2.45, 2.75) is 45.9 Å². The number of fused-ring (bicyclic) bond motifs is 2. The maximum absolute atomic E-state index is 13.4. The molecule has 0 radical (unpaired) electrons. The van der Waals surface area contributed by atoms with Crippen molar-refractivity contribution in [2.75, 3.05) is 38.0 Å². The van der Waals surface area contributed by atoms with Crippen LogP contribution in [0.2, 0.25) is 0 Å². The van der Waals surface area contributed by atoms with Crippen molar-refractivity contribution < 1.29 is 19.4 Å². The molecule has 6 aromatic rings. The highest BCUT2D eigenvalue weighted by molar-refractivity contribution is 5.91. The van der Waals surface area contributed by atoms with Gasteiger partial charge in [-0.1, -0.05) is 24.3 Å². The molecule has 8 rings (SSSR count). The molecule has 12 heteroatoms. The van der Waals surface area contributed by atoms with E-state index in [4.69, 9.17) is 9.40 Å². The van der Waals surface area contributed by atoms with Crippen LogP contribution in [0.3, 0.4) is 0 Å². The van der Waals surface area contributed by atoms with Crippen LogP contribution >= 0.6 is 0 Å². The number of pyridine rings is 3. The topological polar surface area (TPSA) is 150 Å². The Morgan fingerprint density at radius 2 is 1.71 bits per heavy atom. The number of β-amino-alcohol motifs (C(OH)–C–C–N with tert-alkyl or cyclic N) is 1. The molecule has 2 atom stereocenters. The first kappa shape index (κ1) is 33.7. The average Bonchev–Trinajstić information content (AvgIpc) is 3.90. The Kier molecular flexibility index (Phi) is 9.04. The van der Waals surface area contributed by atoms with Crippen molar-refractivity contribution in [2.24, 2.45) is 5.92 Å². The summed E-state index contributed by atoms with van der Waals surface area (Å²) in [5.74, 6) is -0.0648. The van der Waals surface area contributed by atoms with Gasteiger partial charge in [-0.15, -0.1) is 0 Å². The first-order valence-corrected chi connectivity index (χ1v) is 17.8. The fraction of sp³-hybridized carbons (Fsp3) is 0.325. The molecule has 2 aliphatic heterocycles. The van der Waals surface area contributed by atoms with Gasteiger partial charge in [0.1, 0.15) is 5.52 Å². The molecule has 266 valence electrons. The zero-order valence-corrected chi connectivity index (χ0v) is 29.2. The van der Waals surface area contributed by atoms with E-state index in [1.807, 2.05) is 43.5 Å². The van der Waals surface area contributed by atoms with Gasteiger partial charge in [-0.25, -0.2) is 9.97 Å². The number of anilines is 2. The zero-order valence-electron chi connectivity index (χ0n) is 29.2. The van der Waals surface area contributed by atoms with E-state index < -0.39 is 5.97 Å². The molecule has 6 heterocycles. The largest absolute Gasteiger partial charge is 0.481 e. The van der Waals surface area contributed by atoms with Gasteiger partial charge in [0.15, 0.2) is 16.9 Å². The van der Waals surface area contributed by atoms with E-state index in [2.05, 4.69) is 50.2 Å². The van der Waals surface area contributed by atoms with Crippen LogP contribution in [0.25, 0.3) is 44.6 Å². The lowest BCUT2D eigenvalue weighted by atomic mass is 9.93. The number of carbonyl (C=O) groups is 1. The fourth-order valence-electron chi connectivity index (χ4n) is 7.58. The number of aromatic nitrogens is 4. The third-order valence-corrected chi connectivity index (χ3v) is 10.6. The van der Waals surface area contributed by atoms with Crippen molar-refractivity contribution in [3.05, 3.63) is 100 Å². The van der Waals surface area contributed by atoms with E-state index >= 15 is 0 Å². The monoisotopic (exact) mass is 699 g/mol. The van der Waals surface area contributed by atoms with Gasteiger partial charge in [-0.05, 0) is 91.4 Å². The summed E-state index contributed by atoms with van der Waals surface area (Å²) in [5, 5.41) is 23.8. The Hall–Kier alpha value is -5.43. The van der Waals surface area contributed by atoms with Crippen molar-refractivity contribution in [3.8, 4) is 22.6 Å². The number of rotatable bonds is 10. The summed E-state index contributed by atoms with van der Waals surface area (Å²) in [6.45, 7) is 8.68. The van der Waals surface area contributed by atoms with Crippen LogP contribution in [0.4, 0.5) is 11.5 Å². The minimum Gasteiger partial charge on any atom is -0.481 e. The first-order chi connectivity index (χ1) is 25.2. The number of aliphatic carboxylic acids is 1. The van der Waals surface area contributed by atoms with Crippen LogP contribution in [0, 0.1) is 19.8 Å². The summed E-state index contributed by atoms with van der Waals surface area (Å²) in [5.41, 5.74) is 8.13. The van der Waals surface area contributed by atoms with Gasteiger partial charge in [0, 0.05) is 74.5 Å². The van der Waals surface area contributed by atoms with Gasteiger partial charge < -0.3 is 29.4 Å². The highest BCUT2D eigenvalue weighted by Crippen LogP contribution is 2.37. The average molecular weight is 700 g/mol. The van der Waals surface area contributed by atoms with Gasteiger partial charge in [0.05, 0.1) is 12.0 Å². The summed E-state index contributed by atoms with van der Waals surface area (Å²) in [6, 6.07) is 18.0. The smallest absolute Gasteiger partial charge is 0.307 e. The Balaban J connectivity index is 1.03. The summed E-state index contributed by atoms with van der Waals surface area (Å²) in [7, 11) is 0. The lowest BCUT2D eigenvalue weighted by molar-refractivity contribution is -0.141. The minimum absolute atomic E-state index is 0.232. The molecule has 2 aromatic carbocycles. The molecule has 4 aromatic heterocycles. The van der Waals surface area contributed by atoms with Crippen molar-refractivity contribution >= 4 is 39.5 Å². The van der Waals surface area contributed by atoms with E-state index in [1.54, 1.807) is 23.0 Å². The molecular weight excluding hydrogens is 658 g/mol. The van der Waals surface area contributed by atoms with Gasteiger partial charge in [-0.3, -0.25) is 19.5 Å². The quantitative estimate of drug-likeness (QED) is 0.164. The van der Waals surface area contributed by atoms with E-state index in [9.17, 15) is 19.8 Å². The Labute approximate surface area is 300 Å². The number of aliphatic hydroxyl groups excluding tert-OH is 1. The molecule has 0 bridgehead atoms. The molecule has 52 heavy (non-hydrogen) atoms. The summed E-state index contributed by atoms with van der Waals surface area (Å²) in [4.78, 5) is 43.2. The maximum Gasteiger partial charge on any atom is 0.307 e. The van der Waals surface area contributed by atoms with Crippen LogP contribution in [0.15, 0.2) is 82.4 Å². The van der Waals surface area contributed by atoms with Crippen LogP contribution in [0.1, 0.15) is 29.5 Å². The lowest BCUT2D eigenvalue weighted by Gasteiger charge is -2.17. The number of benzene rings is 2. The third kappa shape index (κ3) is 6.56. The van der Waals surface area contributed by atoms with E-state index in [1.165, 1.54) is 0 Å². The Bertz CT molecular complexity index is 2370. The third-order valence-electron chi connectivity index (χ3n) is 10.6. The molecule has 2 aliphatic rings. The van der Waals surface area contributed by atoms with E-state index in [-0.39, 0.29) is 23.1 Å². The number of oxazole rings is 1. The van der Waals surface area contributed by atoms with Crippen LogP contribution in [-0.4, -0.2) is 84.3 Å². The number of nitrogens with one attached hydrogen (secondary N) is 1. The second-order valence-electron chi connectivity index (χ2n) is 14.0. The van der Waals surface area contributed by atoms with E-state index in [0.717, 1.165) is 69.5 Å². The summed E-state index contributed by atoms with van der Waals surface area (Å²) in [6.07, 6.45) is 6.58. The number of carboxylic acids is 1. The highest BCUT2D eigenvalue weighted by atomic mass is 16.4. The van der Waals surface area contributed by atoms with Crippen LogP contribution in [-0.2, 0) is 17.9 Å². The number of nitrogens with zero attached hydrogens (tertiary/aromatic N) is 6. The molecule has 0 amide bonds. The first-order valence-electron chi connectivity index (χ1n) is 17.8. The highest BCUT2D eigenvalue weighted by Gasteiger charge is 2.28. The molecule has 2 fully saturated rings. The molecule has 2 saturated heterocycles. The molecule has 0 spiro atoms. The van der Waals surface area contributed by atoms with E-state index in [0.29, 0.717) is 56.4 Å². The predicted molar refractivity (Wildman–Crippen MR) is 200 cm³/mol. The second kappa shape index (κ2) is 13.9. The van der Waals surface area contributed by atoms with Crippen molar-refractivity contribution in [1.82, 2.24) is 29.3 Å². The summed E-state index contributed by atoms with van der Waals surface area (Å²) >= 11 is 0. The Morgan fingerprint density at radius 3 is 2.50 bits per heavy atom. The van der Waals surface area contributed by atoms with Crippen molar-refractivity contribution in [3.63, 3.8) is 0 Å². The predicted octanol–water partition coefficient (Wildman–Crippen LogP) is 5.60. The maximum atomic E-state index is 13.4. The zero-order chi connectivity index (χ0) is 35.9. The fourth-order valence-corrected chi connectivity index (χ4v) is 7.58. The molecule has 12 nitrogen and oxygen atoms in total. The summed E-state index contributed by atoms with van der Waals surface area (Å²) < 4.78 is 7.78. The van der Waals surface area contributed by atoms with Crippen LogP contribution < -0.4 is 10.9 Å². The normalized spacial score (nSPS) is 18.1. The number of hydrogen-bond donors (Lipinski definition) is 3. The number of aliphatic hydroxyl groups is 1. The minimum atomic E-state index is -0.767. The van der Waals surface area contributed by atoms with Crippen LogP contribution in [0.5, 0.6) is 0 Å². The van der Waals surface area contributed by atoms with Gasteiger partial charge >= 0.3 is 5.97 Å².